The average Bonchev–Trinajstić information content (AvgIpc) is 3.42. The Labute approximate surface area is 257 Å². The molecular formula is C33H40N6O5. The summed E-state index contributed by atoms with van der Waals surface area (Å²) < 4.78 is 17.9. The number of nitrogens with zero attached hydrogens (tertiary/aromatic N) is 4. The molecule has 2 atom stereocenters. The minimum absolute atomic E-state index is 0.0530. The van der Waals surface area contributed by atoms with E-state index in [1.165, 1.54) is 0 Å². The van der Waals surface area contributed by atoms with Crippen LogP contribution in [0.4, 0.5) is 0 Å². The first kappa shape index (κ1) is 32.5. The topological polar surface area (TPSA) is 150 Å². The van der Waals surface area contributed by atoms with Crippen molar-refractivity contribution in [2.45, 2.75) is 57.4 Å². The Morgan fingerprint density at radius 3 is 2.55 bits per heavy atom. The van der Waals surface area contributed by atoms with Crippen molar-refractivity contribution in [2.24, 2.45) is 10.1 Å². The normalized spacial score (nSPS) is 17.5. The maximum Gasteiger partial charge on any atom is 0.266 e. The first-order valence-corrected chi connectivity index (χ1v) is 14.8. The number of nitrogens with one attached hydrogen (secondary N) is 2. The predicted molar refractivity (Wildman–Crippen MR) is 168 cm³/mol. The minimum Gasteiger partial charge on any atom is -0.494 e. The van der Waals surface area contributed by atoms with Gasteiger partial charge in [-0.15, -0.1) is 0 Å². The summed E-state index contributed by atoms with van der Waals surface area (Å²) in [4.78, 5) is 22.3. The molecule has 1 heterocycles. The third-order valence-corrected chi connectivity index (χ3v) is 7.09. The molecule has 3 N–H and O–H groups in total. The van der Waals surface area contributed by atoms with Gasteiger partial charge in [0.2, 0.25) is 5.90 Å². The maximum absolute atomic E-state index is 14.3. The molecule has 3 aromatic rings. The van der Waals surface area contributed by atoms with Gasteiger partial charge < -0.3 is 19.3 Å². The Kier molecular flexibility index (Phi) is 12.1. The zero-order chi connectivity index (χ0) is 31.2. The fraction of sp³-hybridized carbons (Fsp3) is 0.394. The number of aliphatic hydroxyl groups excluding tert-OH is 1. The second kappa shape index (κ2) is 16.4. The molecule has 0 aliphatic carbocycles. The van der Waals surface area contributed by atoms with Crippen LogP contribution in [0.3, 0.4) is 0 Å². The smallest absolute Gasteiger partial charge is 0.266 e. The van der Waals surface area contributed by atoms with E-state index in [0.717, 1.165) is 11.1 Å². The summed E-state index contributed by atoms with van der Waals surface area (Å²) in [5.74, 6) is 0.608. The van der Waals surface area contributed by atoms with Crippen LogP contribution in [0.2, 0.25) is 0 Å². The van der Waals surface area contributed by atoms with Crippen molar-refractivity contribution in [3.8, 4) is 5.75 Å². The van der Waals surface area contributed by atoms with Gasteiger partial charge in [0.1, 0.15) is 5.75 Å². The molecule has 44 heavy (non-hydrogen) atoms. The van der Waals surface area contributed by atoms with Crippen molar-refractivity contribution in [3.05, 3.63) is 112 Å². The van der Waals surface area contributed by atoms with Crippen LogP contribution in [0, 0.1) is 0 Å². The highest BCUT2D eigenvalue weighted by Crippen LogP contribution is 2.43. The van der Waals surface area contributed by atoms with Crippen molar-refractivity contribution in [3.63, 3.8) is 0 Å². The number of carbonyl (C=O) groups is 1. The summed E-state index contributed by atoms with van der Waals surface area (Å²) >= 11 is 0. The van der Waals surface area contributed by atoms with Gasteiger partial charge in [0.05, 0.1) is 19.3 Å². The summed E-state index contributed by atoms with van der Waals surface area (Å²) in [6.45, 7) is 5.58. The fourth-order valence-electron chi connectivity index (χ4n) is 4.94. The Bertz CT molecular complexity index is 1430. The molecule has 0 bridgehead atoms. The van der Waals surface area contributed by atoms with E-state index < -0.39 is 11.6 Å². The molecule has 4 rings (SSSR count). The van der Waals surface area contributed by atoms with Gasteiger partial charge in [0.15, 0.2) is 11.6 Å². The molecule has 3 aromatic carbocycles. The lowest BCUT2D eigenvalue weighted by atomic mass is 9.81. The number of aliphatic hydroxyl groups is 1. The molecule has 0 aromatic heterocycles. The van der Waals surface area contributed by atoms with Crippen LogP contribution in [0.5, 0.6) is 5.75 Å². The third kappa shape index (κ3) is 8.58. The van der Waals surface area contributed by atoms with Crippen molar-refractivity contribution in [1.82, 2.24) is 10.9 Å². The van der Waals surface area contributed by atoms with Crippen molar-refractivity contribution < 1.29 is 24.1 Å². The van der Waals surface area contributed by atoms with E-state index in [0.29, 0.717) is 55.4 Å². The number of benzene rings is 3. The molecule has 1 amide bonds. The highest BCUT2D eigenvalue weighted by atomic mass is 16.5. The van der Waals surface area contributed by atoms with Crippen LogP contribution in [-0.2, 0) is 27.2 Å². The molecule has 0 spiro atoms. The van der Waals surface area contributed by atoms with E-state index in [2.05, 4.69) is 20.9 Å². The molecule has 11 heteroatoms. The second-order valence-electron chi connectivity index (χ2n) is 10.7. The van der Waals surface area contributed by atoms with Gasteiger partial charge in [-0.05, 0) is 66.8 Å². The van der Waals surface area contributed by atoms with E-state index in [-0.39, 0.29) is 31.6 Å². The number of hydrazine groups is 1. The van der Waals surface area contributed by atoms with E-state index >= 15 is 0 Å². The Morgan fingerprint density at radius 2 is 1.82 bits per heavy atom. The molecule has 11 nitrogen and oxygen atoms in total. The summed E-state index contributed by atoms with van der Waals surface area (Å²) in [7, 11) is 0. The zero-order valence-electron chi connectivity index (χ0n) is 25.2. The number of ether oxygens (including phenoxy) is 3. The number of rotatable bonds is 17. The number of aliphatic imine (C=N–C) groups is 1. The first-order valence-electron chi connectivity index (χ1n) is 14.8. The molecule has 0 saturated carbocycles. The van der Waals surface area contributed by atoms with Gasteiger partial charge >= 0.3 is 0 Å². The lowest BCUT2D eigenvalue weighted by Gasteiger charge is -2.31. The van der Waals surface area contributed by atoms with Gasteiger partial charge in [0, 0.05) is 43.1 Å². The van der Waals surface area contributed by atoms with Crippen molar-refractivity contribution in [1.29, 1.82) is 0 Å². The van der Waals surface area contributed by atoms with Crippen molar-refractivity contribution >= 4 is 11.8 Å². The SMILES string of the molecule is CC(C)OCCCNNC(=O)[C@@]1(Cc2ccccc2)N=C(c2ccc(OCCCO)cc2)O[C@H]1c1ccccc1CN=[N+]=[N-]. The van der Waals surface area contributed by atoms with Crippen LogP contribution in [-0.4, -0.2) is 54.9 Å². The molecule has 1 aliphatic rings. The predicted octanol–water partition coefficient (Wildman–Crippen LogP) is 5.19. The van der Waals surface area contributed by atoms with E-state index in [1.54, 1.807) is 12.1 Å². The largest absolute Gasteiger partial charge is 0.494 e. The zero-order valence-corrected chi connectivity index (χ0v) is 25.2. The Hall–Kier alpha value is -4.41. The van der Waals surface area contributed by atoms with Crippen LogP contribution in [0.15, 0.2) is 89.0 Å². The van der Waals surface area contributed by atoms with E-state index in [4.69, 9.17) is 29.8 Å². The lowest BCUT2D eigenvalue weighted by molar-refractivity contribution is -0.130. The number of azide groups is 1. The summed E-state index contributed by atoms with van der Waals surface area (Å²) in [5, 5.41) is 12.8. The highest BCUT2D eigenvalue weighted by Gasteiger charge is 2.53. The molecule has 0 saturated heterocycles. The molecule has 232 valence electrons. The molecule has 0 fully saturated rings. The minimum atomic E-state index is -1.40. The Balaban J connectivity index is 1.72. The fourth-order valence-corrected chi connectivity index (χ4v) is 4.94. The molecular weight excluding hydrogens is 560 g/mol. The molecule has 1 aliphatic heterocycles. The van der Waals surface area contributed by atoms with Gasteiger partial charge in [-0.2, -0.15) is 0 Å². The van der Waals surface area contributed by atoms with Gasteiger partial charge in [-0.1, -0.05) is 59.7 Å². The molecule has 0 unspecified atom stereocenters. The standard InChI is InChI=1S/C33H40N6O5/c1-24(2)42-20-8-18-35-38-32(41)33(22-25-10-4-3-5-11-25)30(29-13-7-6-12-27(29)23-36-39-34)44-31(37-33)26-14-16-28(17-15-26)43-21-9-19-40/h3-7,10-17,24,30,35,40H,8-9,18-23H2,1-2H3,(H,38,41)/t30-,33-/m0/s1. The maximum atomic E-state index is 14.3. The van der Waals surface area contributed by atoms with E-state index in [9.17, 15) is 4.79 Å². The quantitative estimate of drug-likeness (QED) is 0.0638. The van der Waals surface area contributed by atoms with Crippen LogP contribution >= 0.6 is 0 Å². The lowest BCUT2D eigenvalue weighted by Crippen LogP contribution is -2.54. The summed E-state index contributed by atoms with van der Waals surface area (Å²) in [5.41, 5.74) is 16.6. The summed E-state index contributed by atoms with van der Waals surface area (Å²) in [6, 6.07) is 24.4. The first-order chi connectivity index (χ1) is 21.5. The van der Waals surface area contributed by atoms with Gasteiger partial charge in [-0.25, -0.2) is 10.4 Å². The number of hydrogen-bond acceptors (Lipinski definition) is 8. The monoisotopic (exact) mass is 600 g/mol. The molecule has 0 radical (unpaired) electrons. The van der Waals surface area contributed by atoms with Crippen LogP contribution in [0.25, 0.3) is 10.4 Å². The Morgan fingerprint density at radius 1 is 1.07 bits per heavy atom. The number of hydrogen-bond donors (Lipinski definition) is 3. The van der Waals surface area contributed by atoms with Crippen LogP contribution < -0.4 is 15.6 Å². The van der Waals surface area contributed by atoms with E-state index in [1.807, 2.05) is 80.6 Å². The van der Waals surface area contributed by atoms with Gasteiger partial charge in [-0.3, -0.25) is 10.2 Å². The number of carbonyl (C=O) groups excluding carboxylic acids is 1. The van der Waals surface area contributed by atoms with Gasteiger partial charge in [0.25, 0.3) is 5.91 Å². The highest BCUT2D eigenvalue weighted by molar-refractivity contribution is 6.01. The summed E-state index contributed by atoms with van der Waals surface area (Å²) in [6.07, 6.45) is 0.804. The number of amides is 1. The average molecular weight is 601 g/mol. The van der Waals surface area contributed by atoms with Crippen LogP contribution in [0.1, 0.15) is 55.0 Å². The second-order valence-corrected chi connectivity index (χ2v) is 10.7. The van der Waals surface area contributed by atoms with Crippen molar-refractivity contribution in [2.75, 3.05) is 26.4 Å². The third-order valence-electron chi connectivity index (χ3n) is 7.09.